The molecule has 28 heavy (non-hydrogen) atoms. The van der Waals surface area contributed by atoms with Gasteiger partial charge in [0, 0.05) is 12.6 Å². The molecule has 152 valence electrons. The highest BCUT2D eigenvalue weighted by atomic mass is 32.2. The van der Waals surface area contributed by atoms with Crippen LogP contribution in [0.3, 0.4) is 0 Å². The van der Waals surface area contributed by atoms with Crippen molar-refractivity contribution in [3.8, 4) is 5.75 Å². The fourth-order valence-electron chi connectivity index (χ4n) is 3.05. The fourth-order valence-corrected chi connectivity index (χ4v) is 3.57. The predicted octanol–water partition coefficient (Wildman–Crippen LogP) is 4.35. The maximum Gasteiger partial charge on any atom is 0.308 e. The van der Waals surface area contributed by atoms with E-state index in [0.29, 0.717) is 13.0 Å². The third-order valence-electron chi connectivity index (χ3n) is 4.64. The van der Waals surface area contributed by atoms with E-state index in [9.17, 15) is 13.2 Å². The maximum atomic E-state index is 13.3. The van der Waals surface area contributed by atoms with Crippen LogP contribution in [-0.4, -0.2) is 31.0 Å². The summed E-state index contributed by atoms with van der Waals surface area (Å²) in [5.41, 5.74) is 1.83. The number of carbonyl (C=O) groups excluding carboxylic acids is 1. The average Bonchev–Trinajstić information content (AvgIpc) is 2.67. The number of rotatable bonds is 9. The van der Waals surface area contributed by atoms with Crippen LogP contribution in [0, 0.1) is 0 Å². The quantitative estimate of drug-likeness (QED) is 0.584. The minimum Gasteiger partial charge on any atom is -0.382 e. The lowest BCUT2D eigenvalue weighted by atomic mass is 9.94. The number of hydrogen-bond acceptors (Lipinski definition) is 4. The van der Waals surface area contributed by atoms with Crippen molar-refractivity contribution in [2.24, 2.45) is 0 Å². The van der Waals surface area contributed by atoms with Crippen LogP contribution >= 0.6 is 0 Å². The van der Waals surface area contributed by atoms with E-state index in [-0.39, 0.29) is 29.4 Å². The molecule has 5 nitrogen and oxygen atoms in total. The van der Waals surface area contributed by atoms with Crippen molar-refractivity contribution in [3.05, 3.63) is 65.7 Å². The van der Waals surface area contributed by atoms with Gasteiger partial charge in [0.1, 0.15) is 5.75 Å². The molecule has 1 unspecified atom stereocenters. The molecule has 0 spiro atoms. The lowest BCUT2D eigenvalue weighted by Gasteiger charge is -2.31. The normalized spacial score (nSPS) is 12.6. The summed E-state index contributed by atoms with van der Waals surface area (Å²) in [6, 6.07) is 16.7. The minimum absolute atomic E-state index is 0.00853. The van der Waals surface area contributed by atoms with Crippen LogP contribution in [-0.2, 0) is 21.5 Å². The summed E-state index contributed by atoms with van der Waals surface area (Å²) >= 11 is 0. The van der Waals surface area contributed by atoms with E-state index < -0.39 is 10.1 Å². The summed E-state index contributed by atoms with van der Waals surface area (Å²) in [6.07, 6.45) is 0.712. The molecule has 0 aliphatic heterocycles. The second kappa shape index (κ2) is 9.73. The van der Waals surface area contributed by atoms with E-state index in [1.165, 1.54) is 6.92 Å². The lowest BCUT2D eigenvalue weighted by Crippen LogP contribution is -2.39. The largest absolute Gasteiger partial charge is 0.382 e. The van der Waals surface area contributed by atoms with Gasteiger partial charge in [-0.25, -0.2) is 0 Å². The zero-order valence-electron chi connectivity index (χ0n) is 17.0. The van der Waals surface area contributed by atoms with Crippen molar-refractivity contribution < 1.29 is 17.4 Å². The van der Waals surface area contributed by atoms with Crippen molar-refractivity contribution in [2.75, 3.05) is 5.75 Å². The van der Waals surface area contributed by atoms with E-state index >= 15 is 0 Å². The van der Waals surface area contributed by atoms with Gasteiger partial charge >= 0.3 is 10.1 Å². The molecular weight excluding hydrogens is 374 g/mol. The SMILES string of the molecule is CCC(C(=O)N(Cc1cccc(OS(=O)(=O)CC)c1)C(C)C)c1ccccc1. The Bertz CT molecular complexity index is 878. The van der Waals surface area contributed by atoms with E-state index in [2.05, 4.69) is 0 Å². The Labute approximate surface area is 168 Å². The number of benzene rings is 2. The Kier molecular flexibility index (Phi) is 7.63. The summed E-state index contributed by atoms with van der Waals surface area (Å²) in [6.45, 7) is 7.91. The van der Waals surface area contributed by atoms with E-state index in [1.807, 2.05) is 62.1 Å². The molecule has 1 atom stereocenters. The molecule has 0 aliphatic carbocycles. The Morgan fingerprint density at radius 1 is 1.04 bits per heavy atom. The number of hydrogen-bond donors (Lipinski definition) is 0. The first-order chi connectivity index (χ1) is 13.3. The molecule has 6 heteroatoms. The first kappa shape index (κ1) is 22.0. The molecule has 0 bridgehead atoms. The van der Waals surface area contributed by atoms with Gasteiger partial charge in [0.05, 0.1) is 11.7 Å². The van der Waals surface area contributed by atoms with Crippen molar-refractivity contribution in [3.63, 3.8) is 0 Å². The third-order valence-corrected chi connectivity index (χ3v) is 5.80. The lowest BCUT2D eigenvalue weighted by molar-refractivity contribution is -0.135. The van der Waals surface area contributed by atoms with Gasteiger partial charge in [0.25, 0.3) is 0 Å². The van der Waals surface area contributed by atoms with Crippen LogP contribution in [0.4, 0.5) is 0 Å². The van der Waals surface area contributed by atoms with Gasteiger partial charge in [0.15, 0.2) is 0 Å². The molecule has 0 fully saturated rings. The van der Waals surface area contributed by atoms with Crippen LogP contribution in [0.5, 0.6) is 5.75 Å². The monoisotopic (exact) mass is 403 g/mol. The Hall–Kier alpha value is -2.34. The highest BCUT2D eigenvalue weighted by Gasteiger charge is 2.26. The van der Waals surface area contributed by atoms with E-state index in [1.54, 1.807) is 18.2 Å². The number of amides is 1. The standard InChI is InChI=1S/C22H29NO4S/c1-5-21(19-12-8-7-9-13-19)22(24)23(17(3)4)16-18-11-10-14-20(15-18)27-28(25,26)6-2/h7-15,17,21H,5-6,16H2,1-4H3. The summed E-state index contributed by atoms with van der Waals surface area (Å²) in [7, 11) is -3.58. The molecule has 0 heterocycles. The minimum atomic E-state index is -3.58. The number of carbonyl (C=O) groups is 1. The summed E-state index contributed by atoms with van der Waals surface area (Å²) in [5, 5.41) is 0. The molecule has 2 aromatic rings. The van der Waals surface area contributed by atoms with Crippen molar-refractivity contribution in [1.29, 1.82) is 0 Å². The molecule has 0 N–H and O–H groups in total. The molecule has 0 saturated heterocycles. The molecule has 0 radical (unpaired) electrons. The topological polar surface area (TPSA) is 63.7 Å². The van der Waals surface area contributed by atoms with Crippen LogP contribution in [0.25, 0.3) is 0 Å². The average molecular weight is 404 g/mol. The van der Waals surface area contributed by atoms with Crippen LogP contribution < -0.4 is 4.18 Å². The van der Waals surface area contributed by atoms with Crippen molar-refractivity contribution in [2.45, 2.75) is 52.6 Å². The maximum absolute atomic E-state index is 13.3. The Morgan fingerprint density at radius 3 is 2.29 bits per heavy atom. The summed E-state index contributed by atoms with van der Waals surface area (Å²) in [4.78, 5) is 15.1. The number of nitrogens with zero attached hydrogens (tertiary/aromatic N) is 1. The zero-order chi connectivity index (χ0) is 20.7. The third kappa shape index (κ3) is 5.83. The van der Waals surface area contributed by atoms with E-state index in [0.717, 1.165) is 11.1 Å². The zero-order valence-corrected chi connectivity index (χ0v) is 17.8. The van der Waals surface area contributed by atoms with Gasteiger partial charge in [-0.1, -0.05) is 49.4 Å². The first-order valence-corrected chi connectivity index (χ1v) is 11.2. The van der Waals surface area contributed by atoms with Gasteiger partial charge < -0.3 is 9.08 Å². The van der Waals surface area contributed by atoms with Crippen LogP contribution in [0.1, 0.15) is 51.2 Å². The fraction of sp³-hybridized carbons (Fsp3) is 0.409. The molecule has 0 saturated carbocycles. The molecule has 0 aromatic heterocycles. The Morgan fingerprint density at radius 2 is 1.71 bits per heavy atom. The highest BCUT2D eigenvalue weighted by molar-refractivity contribution is 7.87. The molecule has 2 aromatic carbocycles. The summed E-state index contributed by atoms with van der Waals surface area (Å²) < 4.78 is 28.5. The second-order valence-electron chi connectivity index (χ2n) is 7.01. The predicted molar refractivity (Wildman–Crippen MR) is 112 cm³/mol. The summed E-state index contributed by atoms with van der Waals surface area (Å²) in [5.74, 6) is 0.0358. The van der Waals surface area contributed by atoms with Gasteiger partial charge in [-0.3, -0.25) is 4.79 Å². The Balaban J connectivity index is 2.24. The molecule has 0 aliphatic rings. The van der Waals surface area contributed by atoms with Crippen LogP contribution in [0.15, 0.2) is 54.6 Å². The molecule has 1 amide bonds. The van der Waals surface area contributed by atoms with Crippen molar-refractivity contribution in [1.82, 2.24) is 4.90 Å². The van der Waals surface area contributed by atoms with Gasteiger partial charge in [-0.15, -0.1) is 0 Å². The van der Waals surface area contributed by atoms with Gasteiger partial charge in [0.2, 0.25) is 5.91 Å². The van der Waals surface area contributed by atoms with Crippen molar-refractivity contribution >= 4 is 16.0 Å². The van der Waals surface area contributed by atoms with Crippen LogP contribution in [0.2, 0.25) is 0 Å². The smallest absolute Gasteiger partial charge is 0.308 e. The second-order valence-corrected chi connectivity index (χ2v) is 8.87. The molecular formula is C22H29NO4S. The first-order valence-electron chi connectivity index (χ1n) is 9.64. The van der Waals surface area contributed by atoms with E-state index in [4.69, 9.17) is 4.18 Å². The van der Waals surface area contributed by atoms with Gasteiger partial charge in [-0.05, 0) is 50.5 Å². The molecule has 2 rings (SSSR count). The van der Waals surface area contributed by atoms with Gasteiger partial charge in [-0.2, -0.15) is 8.42 Å². The highest BCUT2D eigenvalue weighted by Crippen LogP contribution is 2.25.